The fourth-order valence-corrected chi connectivity index (χ4v) is 2.69. The molecule has 0 fully saturated rings. The van der Waals surface area contributed by atoms with E-state index in [1.807, 2.05) is 0 Å². The highest BCUT2D eigenvalue weighted by atomic mass is 16.5. The van der Waals surface area contributed by atoms with Gasteiger partial charge in [0.05, 0.1) is 72.7 Å². The van der Waals surface area contributed by atoms with Crippen LogP contribution in [0.4, 0.5) is 0 Å². The summed E-state index contributed by atoms with van der Waals surface area (Å²) in [6.07, 6.45) is 0. The lowest BCUT2D eigenvalue weighted by atomic mass is 10.1. The molecule has 6 heteroatoms. The molecule has 2 rings (SSSR count). The highest BCUT2D eigenvalue weighted by Crippen LogP contribution is 2.07. The summed E-state index contributed by atoms with van der Waals surface area (Å²) in [5.41, 5.74) is 4.70. The maximum Gasteiger partial charge on any atom is 0.0718 e. The van der Waals surface area contributed by atoms with Gasteiger partial charge in [-0.25, -0.2) is 0 Å². The zero-order valence-electron chi connectivity index (χ0n) is 18.8. The normalized spacial score (nSPS) is 11.2. The standard InChI is InChI=1S/C25H36O6/c1-22-3-5-23(6-4-22)19-29-17-14-28-15-18-31-21-25-9-7-24(8-10-25)20-30-16-13-27-12-11-26-2/h3-10H,11-21H2,1-2H3. The molecule has 0 bridgehead atoms. The molecule has 0 spiro atoms. The third-order valence-corrected chi connectivity index (χ3v) is 4.50. The van der Waals surface area contributed by atoms with Gasteiger partial charge in [-0.15, -0.1) is 0 Å². The number of methoxy groups -OCH3 is 1. The average molecular weight is 433 g/mol. The molecule has 6 nitrogen and oxygen atoms in total. The molecule has 0 aromatic heterocycles. The minimum Gasteiger partial charge on any atom is -0.382 e. The zero-order valence-corrected chi connectivity index (χ0v) is 18.8. The van der Waals surface area contributed by atoms with Crippen molar-refractivity contribution in [3.05, 3.63) is 70.8 Å². The maximum atomic E-state index is 5.67. The first-order chi connectivity index (χ1) is 15.3. The van der Waals surface area contributed by atoms with Crippen molar-refractivity contribution in [3.63, 3.8) is 0 Å². The Balaban J connectivity index is 1.41. The van der Waals surface area contributed by atoms with Crippen molar-refractivity contribution >= 4 is 0 Å². The Kier molecular flexibility index (Phi) is 13.8. The Bertz CT molecular complexity index is 671. The SMILES string of the molecule is COCCOCCOCc1ccc(COCCOCCOCc2ccc(C)cc2)cc1. The molecular formula is C25H36O6. The van der Waals surface area contributed by atoms with Gasteiger partial charge in [0.1, 0.15) is 0 Å². The molecule has 0 saturated carbocycles. The number of aryl methyl sites for hydroxylation is 1. The molecule has 2 aromatic rings. The molecular weight excluding hydrogens is 396 g/mol. The fourth-order valence-electron chi connectivity index (χ4n) is 2.69. The van der Waals surface area contributed by atoms with Crippen LogP contribution in [0.5, 0.6) is 0 Å². The lowest BCUT2D eigenvalue weighted by Gasteiger charge is -2.08. The number of hydrogen-bond donors (Lipinski definition) is 0. The third-order valence-electron chi connectivity index (χ3n) is 4.50. The molecule has 31 heavy (non-hydrogen) atoms. The van der Waals surface area contributed by atoms with Crippen LogP contribution in [0.25, 0.3) is 0 Å². The first kappa shape index (κ1) is 25.5. The zero-order chi connectivity index (χ0) is 22.0. The van der Waals surface area contributed by atoms with Crippen molar-refractivity contribution < 1.29 is 28.4 Å². The second-order valence-electron chi connectivity index (χ2n) is 7.18. The summed E-state index contributed by atoms with van der Waals surface area (Å²) >= 11 is 0. The molecule has 0 unspecified atom stereocenters. The summed E-state index contributed by atoms with van der Waals surface area (Å²) in [6.45, 7) is 8.48. The number of rotatable bonds is 18. The van der Waals surface area contributed by atoms with Gasteiger partial charge in [-0.1, -0.05) is 54.1 Å². The average Bonchev–Trinajstić information content (AvgIpc) is 2.79. The van der Waals surface area contributed by atoms with Gasteiger partial charge in [0.2, 0.25) is 0 Å². The quantitative estimate of drug-likeness (QED) is 0.333. The summed E-state index contributed by atoms with van der Waals surface area (Å²) in [5, 5.41) is 0. The molecule has 0 aliphatic heterocycles. The number of benzene rings is 2. The largest absolute Gasteiger partial charge is 0.382 e. The molecule has 0 saturated heterocycles. The lowest BCUT2D eigenvalue weighted by molar-refractivity contribution is 0.00702. The van der Waals surface area contributed by atoms with E-state index in [1.165, 1.54) is 11.1 Å². The summed E-state index contributed by atoms with van der Waals surface area (Å²) in [5.74, 6) is 0. The Hall–Kier alpha value is -1.80. The van der Waals surface area contributed by atoms with Crippen LogP contribution in [0, 0.1) is 6.92 Å². The van der Waals surface area contributed by atoms with Gasteiger partial charge in [0.25, 0.3) is 0 Å². The van der Waals surface area contributed by atoms with E-state index in [0.717, 1.165) is 11.1 Å². The van der Waals surface area contributed by atoms with E-state index in [0.29, 0.717) is 72.7 Å². The highest BCUT2D eigenvalue weighted by molar-refractivity contribution is 5.21. The van der Waals surface area contributed by atoms with Gasteiger partial charge in [0.15, 0.2) is 0 Å². The summed E-state index contributed by atoms with van der Waals surface area (Å²) in [4.78, 5) is 0. The molecule has 172 valence electrons. The van der Waals surface area contributed by atoms with Gasteiger partial charge in [0, 0.05) is 7.11 Å². The maximum absolute atomic E-state index is 5.67. The van der Waals surface area contributed by atoms with Crippen molar-refractivity contribution in [1.82, 2.24) is 0 Å². The first-order valence-electron chi connectivity index (χ1n) is 10.8. The Morgan fingerprint density at radius 3 is 1.16 bits per heavy atom. The lowest BCUT2D eigenvalue weighted by Crippen LogP contribution is -2.09. The summed E-state index contributed by atoms with van der Waals surface area (Å²) < 4.78 is 32.7. The topological polar surface area (TPSA) is 55.4 Å². The predicted octanol–water partition coefficient (Wildman–Crippen LogP) is 3.92. The van der Waals surface area contributed by atoms with Gasteiger partial charge < -0.3 is 28.4 Å². The fraction of sp³-hybridized carbons (Fsp3) is 0.520. The Morgan fingerprint density at radius 1 is 0.452 bits per heavy atom. The van der Waals surface area contributed by atoms with Crippen LogP contribution in [-0.4, -0.2) is 60.0 Å². The van der Waals surface area contributed by atoms with Crippen LogP contribution in [-0.2, 0) is 48.2 Å². The van der Waals surface area contributed by atoms with E-state index < -0.39 is 0 Å². The van der Waals surface area contributed by atoms with Crippen molar-refractivity contribution in [2.45, 2.75) is 26.7 Å². The van der Waals surface area contributed by atoms with Gasteiger partial charge in [-0.2, -0.15) is 0 Å². The van der Waals surface area contributed by atoms with Crippen LogP contribution >= 0.6 is 0 Å². The van der Waals surface area contributed by atoms with E-state index in [9.17, 15) is 0 Å². The summed E-state index contributed by atoms with van der Waals surface area (Å²) in [6, 6.07) is 16.6. The van der Waals surface area contributed by atoms with Crippen LogP contribution in [0.15, 0.2) is 48.5 Å². The molecule has 0 aliphatic carbocycles. The molecule has 0 aliphatic rings. The molecule has 0 N–H and O–H groups in total. The Labute approximate surface area is 186 Å². The smallest absolute Gasteiger partial charge is 0.0718 e. The third kappa shape index (κ3) is 12.6. The van der Waals surface area contributed by atoms with Crippen LogP contribution in [0.3, 0.4) is 0 Å². The molecule has 0 amide bonds. The van der Waals surface area contributed by atoms with Crippen molar-refractivity contribution in [3.8, 4) is 0 Å². The van der Waals surface area contributed by atoms with E-state index in [-0.39, 0.29) is 0 Å². The second-order valence-corrected chi connectivity index (χ2v) is 7.18. The van der Waals surface area contributed by atoms with Crippen molar-refractivity contribution in [2.24, 2.45) is 0 Å². The summed E-state index contributed by atoms with van der Waals surface area (Å²) in [7, 11) is 1.66. The van der Waals surface area contributed by atoms with E-state index in [2.05, 4.69) is 55.5 Å². The molecule has 2 aromatic carbocycles. The number of hydrogen-bond acceptors (Lipinski definition) is 6. The monoisotopic (exact) mass is 432 g/mol. The van der Waals surface area contributed by atoms with Crippen LogP contribution < -0.4 is 0 Å². The minimum atomic E-state index is 0.561. The van der Waals surface area contributed by atoms with Gasteiger partial charge in [-0.3, -0.25) is 0 Å². The van der Waals surface area contributed by atoms with Crippen LogP contribution in [0.1, 0.15) is 22.3 Å². The van der Waals surface area contributed by atoms with Crippen molar-refractivity contribution in [2.75, 3.05) is 60.0 Å². The van der Waals surface area contributed by atoms with E-state index >= 15 is 0 Å². The van der Waals surface area contributed by atoms with Gasteiger partial charge in [-0.05, 0) is 23.6 Å². The predicted molar refractivity (Wildman–Crippen MR) is 120 cm³/mol. The van der Waals surface area contributed by atoms with E-state index in [4.69, 9.17) is 28.4 Å². The second kappa shape index (κ2) is 16.8. The molecule has 0 atom stereocenters. The number of ether oxygens (including phenoxy) is 6. The van der Waals surface area contributed by atoms with Crippen LogP contribution in [0.2, 0.25) is 0 Å². The first-order valence-corrected chi connectivity index (χ1v) is 10.8. The highest BCUT2D eigenvalue weighted by Gasteiger charge is 1.98. The van der Waals surface area contributed by atoms with Gasteiger partial charge >= 0.3 is 0 Å². The molecule has 0 radical (unpaired) electrons. The van der Waals surface area contributed by atoms with Crippen molar-refractivity contribution in [1.29, 1.82) is 0 Å². The van der Waals surface area contributed by atoms with E-state index in [1.54, 1.807) is 7.11 Å². The molecule has 0 heterocycles. The minimum absolute atomic E-state index is 0.561. The Morgan fingerprint density at radius 2 is 0.774 bits per heavy atom.